The molecule has 1 atom stereocenters. The minimum atomic E-state index is -0.976. The fraction of sp³-hybridized carbons (Fsp3) is 0.571. The summed E-state index contributed by atoms with van der Waals surface area (Å²) in [7, 11) is 0. The maximum absolute atomic E-state index is 10.7. The maximum atomic E-state index is 10.7. The van der Waals surface area contributed by atoms with Crippen LogP contribution in [0.15, 0.2) is 18.3 Å². The van der Waals surface area contributed by atoms with Crippen molar-refractivity contribution in [1.82, 2.24) is 10.3 Å². The molecule has 0 aliphatic carbocycles. The topological polar surface area (TPSA) is 82.5 Å². The van der Waals surface area contributed by atoms with Gasteiger partial charge in [0.1, 0.15) is 0 Å². The minimum Gasteiger partial charge on any atom is -0.478 e. The predicted octanol–water partition coefficient (Wildman–Crippen LogP) is 1.67. The van der Waals surface area contributed by atoms with Gasteiger partial charge in [-0.25, -0.2) is 4.79 Å². The molecule has 0 spiro atoms. The molecule has 5 nitrogen and oxygen atoms in total. The Kier molecular flexibility index (Phi) is 6.45. The van der Waals surface area contributed by atoms with Crippen LogP contribution in [0.1, 0.15) is 42.7 Å². The van der Waals surface area contributed by atoms with Crippen LogP contribution in [-0.4, -0.2) is 33.8 Å². The van der Waals surface area contributed by atoms with E-state index in [9.17, 15) is 9.90 Å². The van der Waals surface area contributed by atoms with Crippen molar-refractivity contribution in [3.05, 3.63) is 29.6 Å². The van der Waals surface area contributed by atoms with E-state index in [1.54, 1.807) is 6.07 Å². The molecule has 19 heavy (non-hydrogen) atoms. The van der Waals surface area contributed by atoms with Gasteiger partial charge in [-0.05, 0) is 18.1 Å². The first-order valence-electron chi connectivity index (χ1n) is 6.65. The summed E-state index contributed by atoms with van der Waals surface area (Å²) in [5.41, 5.74) is 0.947. The van der Waals surface area contributed by atoms with Gasteiger partial charge in [-0.2, -0.15) is 0 Å². The lowest BCUT2D eigenvalue weighted by molar-refractivity contribution is 0.0696. The first-order chi connectivity index (χ1) is 9.08. The second-order valence-corrected chi connectivity index (χ2v) is 4.62. The Hall–Kier alpha value is -1.46. The van der Waals surface area contributed by atoms with E-state index < -0.39 is 5.97 Å². The van der Waals surface area contributed by atoms with Gasteiger partial charge in [0, 0.05) is 19.3 Å². The normalized spacial score (nSPS) is 12.6. The number of rotatable bonds is 8. The van der Waals surface area contributed by atoms with Crippen molar-refractivity contribution >= 4 is 5.97 Å². The molecule has 1 unspecified atom stereocenters. The SMILES string of the molecule is CCC(CC)C(O)CNCc1ccc(C(=O)O)cn1. The van der Waals surface area contributed by atoms with E-state index in [0.717, 1.165) is 18.5 Å². The van der Waals surface area contributed by atoms with Crippen LogP contribution >= 0.6 is 0 Å². The number of aromatic carboxylic acids is 1. The monoisotopic (exact) mass is 266 g/mol. The molecule has 0 aromatic carbocycles. The average molecular weight is 266 g/mol. The third-order valence-corrected chi connectivity index (χ3v) is 3.32. The lowest BCUT2D eigenvalue weighted by atomic mass is 9.96. The summed E-state index contributed by atoms with van der Waals surface area (Å²) < 4.78 is 0. The van der Waals surface area contributed by atoms with Crippen LogP contribution in [-0.2, 0) is 6.54 Å². The van der Waals surface area contributed by atoms with E-state index in [0.29, 0.717) is 19.0 Å². The number of nitrogens with one attached hydrogen (secondary N) is 1. The Morgan fingerprint density at radius 1 is 1.37 bits per heavy atom. The fourth-order valence-electron chi connectivity index (χ4n) is 2.00. The van der Waals surface area contributed by atoms with Crippen molar-refractivity contribution in [1.29, 1.82) is 0 Å². The summed E-state index contributed by atoms with van der Waals surface area (Å²) in [4.78, 5) is 14.7. The number of nitrogens with zero attached hydrogens (tertiary/aromatic N) is 1. The summed E-state index contributed by atoms with van der Waals surface area (Å²) in [6, 6.07) is 3.21. The van der Waals surface area contributed by atoms with Gasteiger partial charge >= 0.3 is 5.97 Å². The Morgan fingerprint density at radius 3 is 2.53 bits per heavy atom. The third-order valence-electron chi connectivity index (χ3n) is 3.32. The van der Waals surface area contributed by atoms with Crippen LogP contribution < -0.4 is 5.32 Å². The van der Waals surface area contributed by atoms with Gasteiger partial charge in [0.05, 0.1) is 17.4 Å². The van der Waals surface area contributed by atoms with Gasteiger partial charge in [0.2, 0.25) is 0 Å². The van der Waals surface area contributed by atoms with Gasteiger partial charge in [0.15, 0.2) is 0 Å². The zero-order valence-corrected chi connectivity index (χ0v) is 11.5. The molecular weight excluding hydrogens is 244 g/mol. The second-order valence-electron chi connectivity index (χ2n) is 4.62. The average Bonchev–Trinajstić information content (AvgIpc) is 2.40. The Labute approximate surface area is 113 Å². The van der Waals surface area contributed by atoms with E-state index in [1.165, 1.54) is 12.3 Å². The number of carbonyl (C=O) groups is 1. The molecule has 1 aromatic rings. The molecule has 3 N–H and O–H groups in total. The van der Waals surface area contributed by atoms with Crippen LogP contribution in [0.4, 0.5) is 0 Å². The van der Waals surface area contributed by atoms with E-state index in [2.05, 4.69) is 24.1 Å². The first-order valence-corrected chi connectivity index (χ1v) is 6.65. The summed E-state index contributed by atoms with van der Waals surface area (Å²) >= 11 is 0. The molecule has 0 bridgehead atoms. The van der Waals surface area contributed by atoms with Gasteiger partial charge in [-0.1, -0.05) is 26.7 Å². The fourth-order valence-corrected chi connectivity index (χ4v) is 2.00. The van der Waals surface area contributed by atoms with Crippen molar-refractivity contribution in [3.63, 3.8) is 0 Å². The summed E-state index contributed by atoms with van der Waals surface area (Å²) in [5, 5.41) is 21.8. The number of pyridine rings is 1. The largest absolute Gasteiger partial charge is 0.478 e. The van der Waals surface area contributed by atoms with Crippen LogP contribution in [0.25, 0.3) is 0 Å². The molecule has 1 rings (SSSR count). The Morgan fingerprint density at radius 2 is 2.05 bits per heavy atom. The van der Waals surface area contributed by atoms with Gasteiger partial charge in [-0.3, -0.25) is 4.98 Å². The quantitative estimate of drug-likeness (QED) is 0.666. The number of aromatic nitrogens is 1. The van der Waals surface area contributed by atoms with Crippen molar-refractivity contribution in [2.24, 2.45) is 5.92 Å². The highest BCUT2D eigenvalue weighted by Crippen LogP contribution is 2.12. The highest BCUT2D eigenvalue weighted by molar-refractivity contribution is 5.87. The Bertz CT molecular complexity index is 388. The van der Waals surface area contributed by atoms with Gasteiger partial charge in [-0.15, -0.1) is 0 Å². The zero-order valence-electron chi connectivity index (χ0n) is 11.5. The summed E-state index contributed by atoms with van der Waals surface area (Å²) in [6.45, 7) is 5.19. The van der Waals surface area contributed by atoms with E-state index in [-0.39, 0.29) is 11.7 Å². The number of aliphatic hydroxyl groups is 1. The van der Waals surface area contributed by atoms with Crippen LogP contribution in [0.5, 0.6) is 0 Å². The summed E-state index contributed by atoms with van der Waals surface area (Å²) in [6.07, 6.45) is 2.92. The van der Waals surface area contributed by atoms with E-state index in [4.69, 9.17) is 5.11 Å². The number of carboxylic acid groups (broad SMARTS) is 1. The minimum absolute atomic E-state index is 0.181. The van der Waals surface area contributed by atoms with Gasteiger partial charge < -0.3 is 15.5 Å². The predicted molar refractivity (Wildman–Crippen MR) is 73.0 cm³/mol. The molecule has 0 fully saturated rings. The lowest BCUT2D eigenvalue weighted by Crippen LogP contribution is -2.32. The van der Waals surface area contributed by atoms with Crippen LogP contribution in [0.2, 0.25) is 0 Å². The van der Waals surface area contributed by atoms with E-state index >= 15 is 0 Å². The van der Waals surface area contributed by atoms with Crippen LogP contribution in [0, 0.1) is 5.92 Å². The molecule has 0 radical (unpaired) electrons. The smallest absolute Gasteiger partial charge is 0.337 e. The molecule has 0 amide bonds. The van der Waals surface area contributed by atoms with Gasteiger partial charge in [0.25, 0.3) is 0 Å². The molecule has 1 aromatic heterocycles. The molecular formula is C14H22N2O3. The Balaban J connectivity index is 2.38. The third kappa shape index (κ3) is 4.96. The van der Waals surface area contributed by atoms with E-state index in [1.807, 2.05) is 0 Å². The van der Waals surface area contributed by atoms with Crippen LogP contribution in [0.3, 0.4) is 0 Å². The number of hydrogen-bond acceptors (Lipinski definition) is 4. The standard InChI is InChI=1S/C14H22N2O3/c1-3-10(4-2)13(17)9-15-8-12-6-5-11(7-16-12)14(18)19/h5-7,10,13,15,17H,3-4,8-9H2,1-2H3,(H,18,19). The molecule has 1 heterocycles. The zero-order chi connectivity index (χ0) is 14.3. The molecule has 0 aliphatic heterocycles. The van der Waals surface area contributed by atoms with Crippen molar-refractivity contribution in [2.75, 3.05) is 6.54 Å². The molecule has 106 valence electrons. The molecule has 0 saturated carbocycles. The molecule has 5 heteroatoms. The number of carboxylic acids is 1. The highest BCUT2D eigenvalue weighted by Gasteiger charge is 2.14. The lowest BCUT2D eigenvalue weighted by Gasteiger charge is -2.20. The molecule has 0 aliphatic rings. The maximum Gasteiger partial charge on any atom is 0.337 e. The first kappa shape index (κ1) is 15.6. The number of hydrogen-bond donors (Lipinski definition) is 3. The van der Waals surface area contributed by atoms with Crippen molar-refractivity contribution < 1.29 is 15.0 Å². The van der Waals surface area contributed by atoms with Crippen molar-refractivity contribution in [3.8, 4) is 0 Å². The second kappa shape index (κ2) is 7.86. The number of aliphatic hydroxyl groups excluding tert-OH is 1. The highest BCUT2D eigenvalue weighted by atomic mass is 16.4. The summed E-state index contributed by atoms with van der Waals surface area (Å²) in [5.74, 6) is -0.661. The van der Waals surface area contributed by atoms with Crippen molar-refractivity contribution in [2.45, 2.75) is 39.3 Å². The molecule has 0 saturated heterocycles.